The summed E-state index contributed by atoms with van der Waals surface area (Å²) in [6.45, 7) is 2.83. The summed E-state index contributed by atoms with van der Waals surface area (Å²) < 4.78 is 0. The van der Waals surface area contributed by atoms with E-state index in [0.29, 0.717) is 5.82 Å². The molecule has 7 heteroatoms. The first kappa shape index (κ1) is 11.9. The Balaban J connectivity index is 2.74. The topological polar surface area (TPSA) is 104 Å². The maximum Gasteiger partial charge on any atom is 0.325 e. The van der Waals surface area contributed by atoms with Crippen molar-refractivity contribution in [3.05, 3.63) is 12.3 Å². The number of aromatic nitrogens is 2. The Morgan fingerprint density at radius 1 is 1.50 bits per heavy atom. The lowest BCUT2D eigenvalue weighted by Crippen LogP contribution is -2.26. The van der Waals surface area contributed by atoms with E-state index in [0.717, 1.165) is 0 Å². The van der Waals surface area contributed by atoms with Crippen molar-refractivity contribution in [3.8, 4) is 0 Å². The van der Waals surface area contributed by atoms with Crippen LogP contribution in [0.4, 0.5) is 11.8 Å². The maximum atomic E-state index is 10.7. The Bertz CT molecular complexity index is 407. The molecule has 0 fully saturated rings. The molecule has 1 atom stereocenters. The molecule has 86 valence electrons. The van der Waals surface area contributed by atoms with Gasteiger partial charge in [0.2, 0.25) is 11.9 Å². The van der Waals surface area contributed by atoms with Crippen molar-refractivity contribution in [3.63, 3.8) is 0 Å². The smallest absolute Gasteiger partial charge is 0.325 e. The van der Waals surface area contributed by atoms with Crippen LogP contribution >= 0.6 is 0 Å². The normalized spacial score (nSPS) is 11.6. The summed E-state index contributed by atoms with van der Waals surface area (Å²) in [7, 11) is 0. The Kier molecular flexibility index (Phi) is 3.76. The number of nitrogens with zero attached hydrogens (tertiary/aromatic N) is 2. The molecule has 1 heterocycles. The lowest BCUT2D eigenvalue weighted by atomic mass is 10.3. The summed E-state index contributed by atoms with van der Waals surface area (Å²) in [4.78, 5) is 29.1. The van der Waals surface area contributed by atoms with Crippen LogP contribution in [0, 0.1) is 0 Å². The van der Waals surface area contributed by atoms with Crippen LogP contribution in [-0.2, 0) is 9.59 Å². The molecule has 0 unspecified atom stereocenters. The predicted octanol–water partition coefficient (Wildman–Crippen LogP) is 0.320. The molecular weight excluding hydrogens is 212 g/mol. The van der Waals surface area contributed by atoms with E-state index in [1.165, 1.54) is 26.1 Å². The standard InChI is InChI=1S/C9H12N4O3/c1-5(8(15)16)11-7-3-4-10-9(13-7)12-6(2)14/h3-5H,1-2H3,(H,15,16)(H2,10,11,12,13,14)/t5-/m1/s1. The first-order valence-corrected chi connectivity index (χ1v) is 4.59. The van der Waals surface area contributed by atoms with Gasteiger partial charge in [-0.15, -0.1) is 0 Å². The summed E-state index contributed by atoms with van der Waals surface area (Å²) in [5.41, 5.74) is 0. The molecule has 1 rings (SSSR count). The van der Waals surface area contributed by atoms with Crippen LogP contribution in [0.15, 0.2) is 12.3 Å². The average Bonchev–Trinajstić information content (AvgIpc) is 2.16. The minimum absolute atomic E-state index is 0.134. The summed E-state index contributed by atoms with van der Waals surface area (Å²) in [5.74, 6) is -0.799. The number of rotatable bonds is 4. The lowest BCUT2D eigenvalue weighted by Gasteiger charge is -2.10. The minimum Gasteiger partial charge on any atom is -0.480 e. The van der Waals surface area contributed by atoms with Crippen molar-refractivity contribution in [2.24, 2.45) is 0 Å². The molecule has 0 saturated heterocycles. The molecule has 0 aromatic carbocycles. The lowest BCUT2D eigenvalue weighted by molar-refractivity contribution is -0.137. The van der Waals surface area contributed by atoms with E-state index in [-0.39, 0.29) is 11.9 Å². The molecule has 16 heavy (non-hydrogen) atoms. The van der Waals surface area contributed by atoms with Crippen molar-refractivity contribution in [2.45, 2.75) is 19.9 Å². The molecule has 0 aliphatic rings. The van der Waals surface area contributed by atoms with Gasteiger partial charge >= 0.3 is 5.97 Å². The number of anilines is 2. The molecule has 0 spiro atoms. The number of hydrogen-bond donors (Lipinski definition) is 3. The highest BCUT2D eigenvalue weighted by molar-refractivity contribution is 5.86. The Morgan fingerprint density at radius 2 is 2.19 bits per heavy atom. The molecule has 1 aromatic heterocycles. The fourth-order valence-corrected chi connectivity index (χ4v) is 0.940. The number of nitrogens with one attached hydrogen (secondary N) is 2. The predicted molar refractivity (Wildman–Crippen MR) is 57.1 cm³/mol. The summed E-state index contributed by atoms with van der Waals surface area (Å²) in [6.07, 6.45) is 1.43. The van der Waals surface area contributed by atoms with E-state index in [1.807, 2.05) is 0 Å². The van der Waals surface area contributed by atoms with Crippen LogP contribution in [0.2, 0.25) is 0 Å². The van der Waals surface area contributed by atoms with Gasteiger partial charge in [0.1, 0.15) is 11.9 Å². The SMILES string of the molecule is CC(=O)Nc1nccc(N[C@H](C)C(=O)O)n1. The van der Waals surface area contributed by atoms with E-state index in [9.17, 15) is 9.59 Å². The van der Waals surface area contributed by atoms with Gasteiger partial charge in [0.05, 0.1) is 0 Å². The van der Waals surface area contributed by atoms with E-state index in [2.05, 4.69) is 20.6 Å². The van der Waals surface area contributed by atoms with Gasteiger partial charge in [-0.3, -0.25) is 14.9 Å². The van der Waals surface area contributed by atoms with Crippen molar-refractivity contribution in [1.29, 1.82) is 0 Å². The van der Waals surface area contributed by atoms with Crippen molar-refractivity contribution >= 4 is 23.6 Å². The van der Waals surface area contributed by atoms with E-state index >= 15 is 0 Å². The zero-order valence-electron chi connectivity index (χ0n) is 8.89. The molecule has 7 nitrogen and oxygen atoms in total. The molecular formula is C9H12N4O3. The third-order valence-corrected chi connectivity index (χ3v) is 1.68. The van der Waals surface area contributed by atoms with Crippen molar-refractivity contribution in [1.82, 2.24) is 9.97 Å². The van der Waals surface area contributed by atoms with Crippen LogP contribution in [0.5, 0.6) is 0 Å². The van der Waals surface area contributed by atoms with Gasteiger partial charge in [0, 0.05) is 13.1 Å². The second-order valence-corrected chi connectivity index (χ2v) is 3.15. The first-order valence-electron chi connectivity index (χ1n) is 4.59. The van der Waals surface area contributed by atoms with Gasteiger partial charge in [-0.1, -0.05) is 0 Å². The molecule has 0 bridgehead atoms. The molecule has 3 N–H and O–H groups in total. The Morgan fingerprint density at radius 3 is 2.75 bits per heavy atom. The number of carbonyl (C=O) groups is 2. The Hall–Kier alpha value is -2.18. The van der Waals surface area contributed by atoms with E-state index in [1.54, 1.807) is 0 Å². The second-order valence-electron chi connectivity index (χ2n) is 3.15. The molecule has 0 saturated carbocycles. The van der Waals surface area contributed by atoms with Gasteiger partial charge in [0.15, 0.2) is 0 Å². The molecule has 0 aliphatic carbocycles. The van der Waals surface area contributed by atoms with Crippen molar-refractivity contribution in [2.75, 3.05) is 10.6 Å². The summed E-state index contributed by atoms with van der Waals surface area (Å²) in [5, 5.41) is 13.7. The van der Waals surface area contributed by atoms with Crippen LogP contribution < -0.4 is 10.6 Å². The Labute approximate surface area is 91.9 Å². The molecule has 0 aliphatic heterocycles. The number of aliphatic carboxylic acids is 1. The quantitative estimate of drug-likeness (QED) is 0.680. The van der Waals surface area contributed by atoms with Crippen LogP contribution in [0.3, 0.4) is 0 Å². The minimum atomic E-state index is -0.986. The largest absolute Gasteiger partial charge is 0.480 e. The monoisotopic (exact) mass is 224 g/mol. The number of amides is 1. The number of carbonyl (C=O) groups excluding carboxylic acids is 1. The van der Waals surface area contributed by atoms with Crippen molar-refractivity contribution < 1.29 is 14.7 Å². The zero-order chi connectivity index (χ0) is 12.1. The maximum absolute atomic E-state index is 10.7. The zero-order valence-corrected chi connectivity index (χ0v) is 8.89. The summed E-state index contributed by atoms with van der Waals surface area (Å²) >= 11 is 0. The fourth-order valence-electron chi connectivity index (χ4n) is 0.940. The number of carboxylic acids is 1. The molecule has 0 radical (unpaired) electrons. The third-order valence-electron chi connectivity index (χ3n) is 1.68. The highest BCUT2D eigenvalue weighted by Gasteiger charge is 2.11. The average molecular weight is 224 g/mol. The highest BCUT2D eigenvalue weighted by atomic mass is 16.4. The van der Waals surface area contributed by atoms with E-state index in [4.69, 9.17) is 5.11 Å². The third kappa shape index (κ3) is 3.52. The molecule has 1 amide bonds. The number of carboxylic acid groups (broad SMARTS) is 1. The molecule has 1 aromatic rings. The van der Waals surface area contributed by atoms with Gasteiger partial charge in [0.25, 0.3) is 0 Å². The van der Waals surface area contributed by atoms with Crippen LogP contribution in [-0.4, -0.2) is 33.0 Å². The fraction of sp³-hybridized carbons (Fsp3) is 0.333. The van der Waals surface area contributed by atoms with Gasteiger partial charge in [-0.2, -0.15) is 4.98 Å². The van der Waals surface area contributed by atoms with Crippen LogP contribution in [0.1, 0.15) is 13.8 Å². The van der Waals surface area contributed by atoms with Gasteiger partial charge in [-0.25, -0.2) is 4.98 Å². The summed E-state index contributed by atoms with van der Waals surface area (Å²) in [6, 6.07) is 0.755. The first-order chi connectivity index (χ1) is 7.49. The van der Waals surface area contributed by atoms with Crippen LogP contribution in [0.25, 0.3) is 0 Å². The van der Waals surface area contributed by atoms with E-state index < -0.39 is 12.0 Å². The highest BCUT2D eigenvalue weighted by Crippen LogP contribution is 2.07. The second kappa shape index (κ2) is 5.06. The number of hydrogen-bond acceptors (Lipinski definition) is 5. The van der Waals surface area contributed by atoms with Gasteiger partial charge in [-0.05, 0) is 13.0 Å². The van der Waals surface area contributed by atoms with Gasteiger partial charge < -0.3 is 10.4 Å².